The Labute approximate surface area is 221 Å². The SMILES string of the molecule is CCCCCCCCCCCCCCCCCC(C)n1ccnc1C(C)CCCCCCCCC. The van der Waals surface area contributed by atoms with E-state index < -0.39 is 0 Å². The van der Waals surface area contributed by atoms with Crippen LogP contribution < -0.4 is 0 Å². The molecule has 2 unspecified atom stereocenters. The van der Waals surface area contributed by atoms with Gasteiger partial charge < -0.3 is 4.57 Å². The zero-order valence-corrected chi connectivity index (χ0v) is 24.7. The fourth-order valence-corrected chi connectivity index (χ4v) is 5.57. The fourth-order valence-electron chi connectivity index (χ4n) is 5.57. The molecule has 0 aromatic carbocycles. The number of hydrogen-bond acceptors (Lipinski definition) is 1. The first-order valence-electron chi connectivity index (χ1n) is 16.2. The van der Waals surface area contributed by atoms with Crippen LogP contribution in [0.4, 0.5) is 0 Å². The van der Waals surface area contributed by atoms with Gasteiger partial charge >= 0.3 is 0 Å². The maximum absolute atomic E-state index is 4.76. The van der Waals surface area contributed by atoms with E-state index in [1.807, 2.05) is 6.20 Å². The molecule has 0 aliphatic heterocycles. The molecule has 0 radical (unpaired) electrons. The highest BCUT2D eigenvalue weighted by molar-refractivity contribution is 5.00. The van der Waals surface area contributed by atoms with Crippen molar-refractivity contribution >= 4 is 0 Å². The number of imidazole rings is 1. The summed E-state index contributed by atoms with van der Waals surface area (Å²) in [6, 6.07) is 0.589. The predicted molar refractivity (Wildman–Crippen MR) is 158 cm³/mol. The lowest BCUT2D eigenvalue weighted by Gasteiger charge is -2.20. The Kier molecular flexibility index (Phi) is 21.7. The Bertz CT molecular complexity index is 549. The second kappa shape index (κ2) is 23.6. The van der Waals surface area contributed by atoms with Crippen molar-refractivity contribution in [3.63, 3.8) is 0 Å². The molecule has 0 saturated heterocycles. The summed E-state index contributed by atoms with van der Waals surface area (Å²) >= 11 is 0. The zero-order valence-electron chi connectivity index (χ0n) is 24.7. The summed E-state index contributed by atoms with van der Waals surface area (Å²) < 4.78 is 2.48. The average Bonchev–Trinajstić information content (AvgIpc) is 3.36. The average molecular weight is 489 g/mol. The first-order chi connectivity index (χ1) is 17.2. The van der Waals surface area contributed by atoms with Crippen LogP contribution in [-0.2, 0) is 0 Å². The van der Waals surface area contributed by atoms with Crippen LogP contribution in [0.5, 0.6) is 0 Å². The van der Waals surface area contributed by atoms with Gasteiger partial charge in [0.05, 0.1) is 0 Å². The molecule has 0 N–H and O–H groups in total. The molecule has 2 atom stereocenters. The quantitative estimate of drug-likeness (QED) is 0.118. The second-order valence-electron chi connectivity index (χ2n) is 11.6. The minimum atomic E-state index is 0.587. The van der Waals surface area contributed by atoms with Crippen LogP contribution in [0, 0.1) is 0 Å². The third-order valence-corrected chi connectivity index (χ3v) is 8.08. The molecule has 1 heterocycles. The molecule has 0 fully saturated rings. The van der Waals surface area contributed by atoms with E-state index in [2.05, 4.69) is 38.5 Å². The summed E-state index contributed by atoms with van der Waals surface area (Å²) in [5, 5.41) is 0. The Morgan fingerprint density at radius 2 is 0.914 bits per heavy atom. The van der Waals surface area contributed by atoms with Gasteiger partial charge in [-0.25, -0.2) is 4.98 Å². The first-order valence-corrected chi connectivity index (χ1v) is 16.2. The maximum atomic E-state index is 4.76. The second-order valence-corrected chi connectivity index (χ2v) is 11.6. The normalized spacial score (nSPS) is 13.4. The molecule has 0 bridgehead atoms. The van der Waals surface area contributed by atoms with Crippen molar-refractivity contribution in [2.45, 2.75) is 194 Å². The summed E-state index contributed by atoms with van der Waals surface area (Å²) in [4.78, 5) is 4.76. The molecule has 2 nitrogen and oxygen atoms in total. The Morgan fingerprint density at radius 3 is 1.34 bits per heavy atom. The number of nitrogens with zero attached hydrogens (tertiary/aromatic N) is 2. The summed E-state index contributed by atoms with van der Waals surface area (Å²) in [6.07, 6.45) is 38.2. The topological polar surface area (TPSA) is 17.8 Å². The molecule has 0 amide bonds. The zero-order chi connectivity index (χ0) is 25.4. The molecule has 35 heavy (non-hydrogen) atoms. The van der Waals surface area contributed by atoms with Crippen LogP contribution in [0.3, 0.4) is 0 Å². The third kappa shape index (κ3) is 17.3. The van der Waals surface area contributed by atoms with Crippen LogP contribution in [0.15, 0.2) is 12.4 Å². The van der Waals surface area contributed by atoms with E-state index in [0.29, 0.717) is 12.0 Å². The van der Waals surface area contributed by atoms with Crippen molar-refractivity contribution in [3.05, 3.63) is 18.2 Å². The molecule has 0 aliphatic rings. The van der Waals surface area contributed by atoms with Gasteiger partial charge in [0.15, 0.2) is 0 Å². The molecular formula is C33H64N2. The van der Waals surface area contributed by atoms with Gasteiger partial charge in [-0.2, -0.15) is 0 Å². The van der Waals surface area contributed by atoms with Crippen LogP contribution in [0.25, 0.3) is 0 Å². The van der Waals surface area contributed by atoms with E-state index in [-0.39, 0.29) is 0 Å². The van der Waals surface area contributed by atoms with Gasteiger partial charge in [0, 0.05) is 24.4 Å². The van der Waals surface area contributed by atoms with E-state index >= 15 is 0 Å². The largest absolute Gasteiger partial charge is 0.332 e. The monoisotopic (exact) mass is 489 g/mol. The van der Waals surface area contributed by atoms with Crippen LogP contribution >= 0.6 is 0 Å². The van der Waals surface area contributed by atoms with Gasteiger partial charge in [-0.3, -0.25) is 0 Å². The Hall–Kier alpha value is -0.790. The highest BCUT2D eigenvalue weighted by Gasteiger charge is 2.15. The Balaban J connectivity index is 2.01. The van der Waals surface area contributed by atoms with Crippen molar-refractivity contribution in [1.82, 2.24) is 9.55 Å². The Morgan fingerprint density at radius 1 is 0.543 bits per heavy atom. The lowest BCUT2D eigenvalue weighted by atomic mass is 10.00. The summed E-state index contributed by atoms with van der Waals surface area (Å²) in [5.41, 5.74) is 0. The summed E-state index contributed by atoms with van der Waals surface area (Å²) in [6.45, 7) is 9.38. The molecule has 0 spiro atoms. The van der Waals surface area contributed by atoms with Crippen LogP contribution in [-0.4, -0.2) is 9.55 Å². The lowest BCUT2D eigenvalue weighted by molar-refractivity contribution is 0.435. The molecule has 0 aliphatic carbocycles. The standard InChI is InChI=1S/C33H64N2/c1-5-7-9-11-13-14-15-16-17-18-19-20-22-24-26-28-32(4)35-30-29-34-33(35)31(3)27-25-23-21-12-10-8-6-2/h29-32H,5-28H2,1-4H3. The van der Waals surface area contributed by atoms with Gasteiger partial charge in [-0.1, -0.05) is 162 Å². The predicted octanol–water partition coefficient (Wildman–Crippen LogP) is 11.9. The van der Waals surface area contributed by atoms with Crippen molar-refractivity contribution in [2.75, 3.05) is 0 Å². The van der Waals surface area contributed by atoms with E-state index in [1.165, 1.54) is 160 Å². The number of aromatic nitrogens is 2. The molecule has 1 rings (SSSR count). The first kappa shape index (κ1) is 32.2. The highest BCUT2D eigenvalue weighted by Crippen LogP contribution is 2.26. The van der Waals surface area contributed by atoms with Gasteiger partial charge in [0.1, 0.15) is 5.82 Å². The number of hydrogen-bond donors (Lipinski definition) is 0. The fraction of sp³-hybridized carbons (Fsp3) is 0.909. The van der Waals surface area contributed by atoms with Crippen molar-refractivity contribution < 1.29 is 0 Å². The summed E-state index contributed by atoms with van der Waals surface area (Å²) in [5.74, 6) is 1.91. The van der Waals surface area contributed by atoms with Gasteiger partial charge in [0.25, 0.3) is 0 Å². The van der Waals surface area contributed by atoms with Crippen LogP contribution in [0.2, 0.25) is 0 Å². The molecular weight excluding hydrogens is 424 g/mol. The van der Waals surface area contributed by atoms with E-state index in [4.69, 9.17) is 4.98 Å². The van der Waals surface area contributed by atoms with Crippen molar-refractivity contribution in [2.24, 2.45) is 0 Å². The number of rotatable bonds is 26. The van der Waals surface area contributed by atoms with Crippen molar-refractivity contribution in [3.8, 4) is 0 Å². The molecule has 1 aromatic heterocycles. The minimum absolute atomic E-state index is 0.587. The van der Waals surface area contributed by atoms with Crippen molar-refractivity contribution in [1.29, 1.82) is 0 Å². The van der Waals surface area contributed by atoms with Gasteiger partial charge in [-0.15, -0.1) is 0 Å². The van der Waals surface area contributed by atoms with E-state index in [1.54, 1.807) is 0 Å². The molecule has 2 heteroatoms. The van der Waals surface area contributed by atoms with E-state index in [0.717, 1.165) is 0 Å². The number of unbranched alkanes of at least 4 members (excludes halogenated alkanes) is 20. The molecule has 0 saturated carbocycles. The summed E-state index contributed by atoms with van der Waals surface area (Å²) in [7, 11) is 0. The maximum Gasteiger partial charge on any atom is 0.111 e. The molecule has 206 valence electrons. The van der Waals surface area contributed by atoms with Gasteiger partial charge in [-0.05, 0) is 19.8 Å². The van der Waals surface area contributed by atoms with Crippen LogP contribution in [0.1, 0.15) is 200 Å². The van der Waals surface area contributed by atoms with E-state index in [9.17, 15) is 0 Å². The smallest absolute Gasteiger partial charge is 0.111 e. The minimum Gasteiger partial charge on any atom is -0.332 e. The van der Waals surface area contributed by atoms with Gasteiger partial charge in [0.2, 0.25) is 0 Å². The molecule has 1 aromatic rings. The highest BCUT2D eigenvalue weighted by atomic mass is 15.1. The third-order valence-electron chi connectivity index (χ3n) is 8.08. The lowest BCUT2D eigenvalue weighted by Crippen LogP contribution is -2.11.